The molecule has 0 spiro atoms. The Hall–Kier alpha value is -2.70. The highest BCUT2D eigenvalue weighted by Gasteiger charge is 2.26. The number of ether oxygens (including phenoxy) is 1. The van der Waals surface area contributed by atoms with Crippen LogP contribution >= 0.6 is 0 Å². The summed E-state index contributed by atoms with van der Waals surface area (Å²) in [5, 5.41) is 0. The first-order chi connectivity index (χ1) is 13.0. The van der Waals surface area contributed by atoms with Crippen molar-refractivity contribution in [3.05, 3.63) is 41.5 Å². The summed E-state index contributed by atoms with van der Waals surface area (Å²) in [6.07, 6.45) is 5.52. The van der Waals surface area contributed by atoms with Crippen LogP contribution in [0.15, 0.2) is 24.5 Å². The molecule has 7 heteroatoms. The molecule has 0 N–H and O–H groups in total. The second kappa shape index (κ2) is 8.33. The Morgan fingerprint density at radius 2 is 1.89 bits per heavy atom. The lowest BCUT2D eigenvalue weighted by Gasteiger charge is -2.37. The molecule has 0 aliphatic carbocycles. The van der Waals surface area contributed by atoms with E-state index in [1.807, 2.05) is 40.1 Å². The maximum atomic E-state index is 12.5. The van der Waals surface area contributed by atoms with E-state index in [1.165, 1.54) is 0 Å². The van der Waals surface area contributed by atoms with Crippen molar-refractivity contribution >= 4 is 11.6 Å². The lowest BCUT2D eigenvalue weighted by atomic mass is 10.0. The van der Waals surface area contributed by atoms with E-state index < -0.39 is 0 Å². The third kappa shape index (κ3) is 4.53. The minimum atomic E-state index is -0.0469. The van der Waals surface area contributed by atoms with Crippen LogP contribution in [0.2, 0.25) is 0 Å². The minimum Gasteiger partial charge on any atom is -0.453 e. The second-order valence-electron chi connectivity index (χ2n) is 7.02. The lowest BCUT2D eigenvalue weighted by molar-refractivity contribution is -0.134. The molecule has 2 aromatic rings. The van der Waals surface area contributed by atoms with Gasteiger partial charge < -0.3 is 14.5 Å². The van der Waals surface area contributed by atoms with Crippen LogP contribution in [-0.4, -0.2) is 58.5 Å². The number of piperidine rings is 1. The number of carbonyl (C=O) groups is 1. The van der Waals surface area contributed by atoms with Gasteiger partial charge in [0.05, 0.1) is 11.9 Å². The van der Waals surface area contributed by atoms with Gasteiger partial charge >= 0.3 is 6.01 Å². The van der Waals surface area contributed by atoms with Crippen molar-refractivity contribution in [3.8, 4) is 6.01 Å². The van der Waals surface area contributed by atoms with Crippen LogP contribution < -0.4 is 9.64 Å². The standard InChI is InChI=1S/C20H27N5O2/c1-14-15(2)22-20(23-16(14)3)27-13-19(26)24(4)17-7-10-25(11-8-17)18-6-5-9-21-12-18/h5-6,9,12,17H,7-8,10-11,13H2,1-4H3. The summed E-state index contributed by atoms with van der Waals surface area (Å²) >= 11 is 0. The van der Waals surface area contributed by atoms with Crippen LogP contribution in [0, 0.1) is 20.8 Å². The molecule has 3 heterocycles. The molecule has 0 aromatic carbocycles. The van der Waals surface area contributed by atoms with Crippen molar-refractivity contribution in [1.29, 1.82) is 0 Å². The molecule has 1 aliphatic rings. The Balaban J connectivity index is 1.51. The Bertz CT molecular complexity index is 765. The molecule has 2 aromatic heterocycles. The molecule has 0 atom stereocenters. The number of amides is 1. The molecule has 7 nitrogen and oxygen atoms in total. The zero-order chi connectivity index (χ0) is 19.4. The van der Waals surface area contributed by atoms with Gasteiger partial charge in [0.2, 0.25) is 0 Å². The van der Waals surface area contributed by atoms with Crippen LogP contribution in [0.5, 0.6) is 6.01 Å². The monoisotopic (exact) mass is 369 g/mol. The summed E-state index contributed by atoms with van der Waals surface area (Å²) in [6.45, 7) is 7.59. The molecule has 0 unspecified atom stereocenters. The Labute approximate surface area is 160 Å². The van der Waals surface area contributed by atoms with Gasteiger partial charge in [-0.1, -0.05) is 0 Å². The molecule has 1 amide bonds. The van der Waals surface area contributed by atoms with E-state index in [4.69, 9.17) is 4.74 Å². The molecule has 0 bridgehead atoms. The Kier molecular flexibility index (Phi) is 5.88. The maximum absolute atomic E-state index is 12.5. The number of nitrogens with zero attached hydrogens (tertiary/aromatic N) is 5. The van der Waals surface area contributed by atoms with Crippen LogP contribution in [-0.2, 0) is 4.79 Å². The van der Waals surface area contributed by atoms with Crippen LogP contribution in [0.4, 0.5) is 5.69 Å². The molecule has 0 saturated carbocycles. The molecule has 3 rings (SSSR count). The summed E-state index contributed by atoms with van der Waals surface area (Å²) in [7, 11) is 1.85. The first kappa shape index (κ1) is 19.1. The van der Waals surface area contributed by atoms with Crippen molar-refractivity contribution in [2.75, 3.05) is 31.6 Å². The zero-order valence-electron chi connectivity index (χ0n) is 16.5. The third-order valence-electron chi connectivity index (χ3n) is 5.35. The number of aromatic nitrogens is 3. The summed E-state index contributed by atoms with van der Waals surface area (Å²) in [4.78, 5) is 29.4. The molecule has 0 radical (unpaired) electrons. The van der Waals surface area contributed by atoms with Gasteiger partial charge in [-0.3, -0.25) is 9.78 Å². The van der Waals surface area contributed by atoms with E-state index >= 15 is 0 Å². The SMILES string of the molecule is Cc1nc(OCC(=O)N(C)C2CCN(c3cccnc3)CC2)nc(C)c1C. The van der Waals surface area contributed by atoms with E-state index in [2.05, 4.69) is 25.9 Å². The van der Waals surface area contributed by atoms with Gasteiger partial charge in [0.25, 0.3) is 5.91 Å². The molecule has 1 aliphatic heterocycles. The second-order valence-corrected chi connectivity index (χ2v) is 7.02. The minimum absolute atomic E-state index is 0.0404. The number of hydrogen-bond donors (Lipinski definition) is 0. The normalized spacial score (nSPS) is 14.9. The fraction of sp³-hybridized carbons (Fsp3) is 0.500. The van der Waals surface area contributed by atoms with E-state index in [1.54, 1.807) is 11.1 Å². The number of rotatable bonds is 5. The first-order valence-electron chi connectivity index (χ1n) is 9.31. The number of aryl methyl sites for hydroxylation is 2. The zero-order valence-corrected chi connectivity index (χ0v) is 16.5. The van der Waals surface area contributed by atoms with Gasteiger partial charge in [-0.2, -0.15) is 0 Å². The van der Waals surface area contributed by atoms with Gasteiger partial charge in [-0.25, -0.2) is 9.97 Å². The van der Waals surface area contributed by atoms with Crippen LogP contribution in [0.1, 0.15) is 29.8 Å². The van der Waals surface area contributed by atoms with Crippen molar-refractivity contribution in [1.82, 2.24) is 19.9 Å². The summed E-state index contributed by atoms with van der Waals surface area (Å²) < 4.78 is 5.55. The molecule has 27 heavy (non-hydrogen) atoms. The highest BCUT2D eigenvalue weighted by molar-refractivity contribution is 5.77. The highest BCUT2D eigenvalue weighted by Crippen LogP contribution is 2.21. The number of carbonyl (C=O) groups excluding carboxylic acids is 1. The van der Waals surface area contributed by atoms with Crippen molar-refractivity contribution < 1.29 is 9.53 Å². The highest BCUT2D eigenvalue weighted by atomic mass is 16.5. The number of anilines is 1. The fourth-order valence-electron chi connectivity index (χ4n) is 3.29. The number of likely N-dealkylation sites (N-methyl/N-ethyl adjacent to an activating group) is 1. The van der Waals surface area contributed by atoms with E-state index in [0.717, 1.165) is 48.6 Å². The average molecular weight is 369 g/mol. The van der Waals surface area contributed by atoms with Crippen LogP contribution in [0.3, 0.4) is 0 Å². The first-order valence-corrected chi connectivity index (χ1v) is 9.31. The van der Waals surface area contributed by atoms with Crippen LogP contribution in [0.25, 0.3) is 0 Å². The lowest BCUT2D eigenvalue weighted by Crippen LogP contribution is -2.47. The topological polar surface area (TPSA) is 71.5 Å². The van der Waals surface area contributed by atoms with E-state index in [-0.39, 0.29) is 24.6 Å². The smallest absolute Gasteiger partial charge is 0.317 e. The van der Waals surface area contributed by atoms with E-state index in [0.29, 0.717) is 0 Å². The Morgan fingerprint density at radius 1 is 1.22 bits per heavy atom. The van der Waals surface area contributed by atoms with Gasteiger partial charge in [0, 0.05) is 43.8 Å². The van der Waals surface area contributed by atoms with Gasteiger partial charge in [0.1, 0.15) is 0 Å². The maximum Gasteiger partial charge on any atom is 0.317 e. The van der Waals surface area contributed by atoms with Crippen molar-refractivity contribution in [2.24, 2.45) is 0 Å². The predicted octanol–water partition coefficient (Wildman–Crippen LogP) is 2.30. The quantitative estimate of drug-likeness (QED) is 0.805. The largest absolute Gasteiger partial charge is 0.453 e. The number of pyridine rings is 1. The number of hydrogen-bond acceptors (Lipinski definition) is 6. The third-order valence-corrected chi connectivity index (χ3v) is 5.35. The molecular weight excluding hydrogens is 342 g/mol. The fourth-order valence-corrected chi connectivity index (χ4v) is 3.29. The summed E-state index contributed by atoms with van der Waals surface area (Å²) in [5.41, 5.74) is 3.93. The van der Waals surface area contributed by atoms with Gasteiger partial charge in [-0.05, 0) is 51.3 Å². The van der Waals surface area contributed by atoms with Gasteiger partial charge in [-0.15, -0.1) is 0 Å². The predicted molar refractivity (Wildman–Crippen MR) is 104 cm³/mol. The van der Waals surface area contributed by atoms with Crippen molar-refractivity contribution in [2.45, 2.75) is 39.7 Å². The molecule has 1 saturated heterocycles. The Morgan fingerprint density at radius 3 is 2.48 bits per heavy atom. The summed E-state index contributed by atoms with van der Waals surface area (Å²) in [5.74, 6) is -0.0469. The van der Waals surface area contributed by atoms with Crippen molar-refractivity contribution in [3.63, 3.8) is 0 Å². The molecule has 1 fully saturated rings. The van der Waals surface area contributed by atoms with E-state index in [9.17, 15) is 4.79 Å². The average Bonchev–Trinajstić information content (AvgIpc) is 2.70. The summed E-state index contributed by atoms with van der Waals surface area (Å²) in [6, 6.07) is 4.51. The van der Waals surface area contributed by atoms with Gasteiger partial charge in [0.15, 0.2) is 6.61 Å². The molecule has 144 valence electrons. The molecular formula is C20H27N5O2.